The number of pyridine rings is 1. The van der Waals surface area contributed by atoms with Gasteiger partial charge in [0, 0.05) is 22.8 Å². The monoisotopic (exact) mass is 342 g/mol. The molecule has 1 amide bonds. The van der Waals surface area contributed by atoms with Gasteiger partial charge in [-0.2, -0.15) is 11.8 Å². The van der Waals surface area contributed by atoms with Crippen LogP contribution in [0.1, 0.15) is 41.2 Å². The number of amides is 1. The summed E-state index contributed by atoms with van der Waals surface area (Å²) in [5, 5.41) is 13.2. The molecule has 2 heterocycles. The Morgan fingerprint density at radius 3 is 2.75 bits per heavy atom. The van der Waals surface area contributed by atoms with E-state index in [1.165, 1.54) is 0 Å². The van der Waals surface area contributed by atoms with Gasteiger partial charge < -0.3 is 10.4 Å². The number of carbonyl (C=O) groups is 2. The van der Waals surface area contributed by atoms with Gasteiger partial charge in [0.25, 0.3) is 5.91 Å². The molecule has 124 valence electrons. The molecule has 1 aromatic carbocycles. The normalized spacial score (nSPS) is 23.3. The summed E-state index contributed by atoms with van der Waals surface area (Å²) in [4.78, 5) is 29.3. The third kappa shape index (κ3) is 2.65. The van der Waals surface area contributed by atoms with E-state index in [-0.39, 0.29) is 5.91 Å². The van der Waals surface area contributed by atoms with E-state index >= 15 is 0 Å². The predicted octanol–water partition coefficient (Wildman–Crippen LogP) is 2.80. The quantitative estimate of drug-likeness (QED) is 0.893. The highest BCUT2D eigenvalue weighted by molar-refractivity contribution is 7.99. The Morgan fingerprint density at radius 2 is 2.08 bits per heavy atom. The molecule has 1 aliphatic heterocycles. The smallest absolute Gasteiger partial charge is 0.330 e. The lowest BCUT2D eigenvalue weighted by molar-refractivity contribution is -0.143. The molecular formula is C18H18N2O3S. The number of fused-ring (bicyclic) bond motifs is 1. The highest BCUT2D eigenvalue weighted by Gasteiger charge is 2.43. The largest absolute Gasteiger partial charge is 0.479 e. The maximum Gasteiger partial charge on any atom is 0.330 e. The average molecular weight is 342 g/mol. The number of hydrogen-bond acceptors (Lipinski definition) is 4. The van der Waals surface area contributed by atoms with E-state index in [1.807, 2.05) is 30.3 Å². The van der Waals surface area contributed by atoms with Gasteiger partial charge in [0.05, 0.1) is 11.1 Å². The summed E-state index contributed by atoms with van der Waals surface area (Å²) in [6.07, 6.45) is 2.65. The van der Waals surface area contributed by atoms with Crippen molar-refractivity contribution in [1.29, 1.82) is 0 Å². The molecule has 1 unspecified atom stereocenters. The van der Waals surface area contributed by atoms with E-state index in [4.69, 9.17) is 0 Å². The third-order valence-electron chi connectivity index (χ3n) is 4.76. The van der Waals surface area contributed by atoms with Crippen molar-refractivity contribution in [3.05, 3.63) is 41.6 Å². The lowest BCUT2D eigenvalue weighted by Gasteiger charge is -2.25. The van der Waals surface area contributed by atoms with Crippen LogP contribution >= 0.6 is 11.8 Å². The van der Waals surface area contributed by atoms with E-state index < -0.39 is 11.5 Å². The molecule has 6 heteroatoms. The van der Waals surface area contributed by atoms with Crippen molar-refractivity contribution in [2.45, 2.75) is 30.7 Å². The van der Waals surface area contributed by atoms with Crippen LogP contribution in [0.3, 0.4) is 0 Å². The summed E-state index contributed by atoms with van der Waals surface area (Å²) in [5.41, 5.74) is 1.09. The van der Waals surface area contributed by atoms with Crippen molar-refractivity contribution in [3.63, 3.8) is 0 Å². The minimum atomic E-state index is -1.16. The van der Waals surface area contributed by atoms with Crippen LogP contribution in [0.5, 0.6) is 0 Å². The summed E-state index contributed by atoms with van der Waals surface area (Å²) in [5.74, 6) is 0.308. The van der Waals surface area contributed by atoms with Crippen molar-refractivity contribution in [2.75, 3.05) is 11.5 Å². The maximum absolute atomic E-state index is 12.9. The van der Waals surface area contributed by atoms with Crippen LogP contribution in [0.2, 0.25) is 0 Å². The highest BCUT2D eigenvalue weighted by atomic mass is 32.2. The van der Waals surface area contributed by atoms with E-state index in [9.17, 15) is 14.7 Å². The summed E-state index contributed by atoms with van der Waals surface area (Å²) in [7, 11) is 0. The van der Waals surface area contributed by atoms with Crippen LogP contribution in [0.15, 0.2) is 30.3 Å². The second-order valence-corrected chi connectivity index (χ2v) is 7.64. The van der Waals surface area contributed by atoms with E-state index in [0.29, 0.717) is 23.7 Å². The SMILES string of the molecule is O=C(NC1(C(=O)O)CCSC1)c1cc(C2CC2)nc2ccccc12. The average Bonchev–Trinajstić information content (AvgIpc) is 3.33. The summed E-state index contributed by atoms with van der Waals surface area (Å²) < 4.78 is 0. The van der Waals surface area contributed by atoms with Gasteiger partial charge in [-0.15, -0.1) is 0 Å². The molecule has 4 rings (SSSR count). The molecule has 2 N–H and O–H groups in total. The molecule has 2 fully saturated rings. The fraction of sp³-hybridized carbons (Fsp3) is 0.389. The van der Waals surface area contributed by atoms with Gasteiger partial charge in [0.15, 0.2) is 0 Å². The summed E-state index contributed by atoms with van der Waals surface area (Å²) in [6, 6.07) is 9.38. The number of carboxylic acids is 1. The van der Waals surface area contributed by atoms with Crippen molar-refractivity contribution in [3.8, 4) is 0 Å². The maximum atomic E-state index is 12.9. The first-order valence-corrected chi connectivity index (χ1v) is 9.28. The van der Waals surface area contributed by atoms with Gasteiger partial charge in [0.1, 0.15) is 5.54 Å². The van der Waals surface area contributed by atoms with Gasteiger partial charge >= 0.3 is 5.97 Å². The lowest BCUT2D eigenvalue weighted by atomic mass is 9.97. The van der Waals surface area contributed by atoms with E-state index in [1.54, 1.807) is 11.8 Å². The molecule has 2 aromatic rings. The molecular weight excluding hydrogens is 324 g/mol. The predicted molar refractivity (Wildman–Crippen MR) is 93.5 cm³/mol. The third-order valence-corrected chi connectivity index (χ3v) is 5.95. The minimum absolute atomic E-state index is 0.319. The standard InChI is InChI=1S/C18H18N2O3S/c21-16(20-18(17(22)23)7-8-24-10-18)13-9-15(11-5-6-11)19-14-4-2-1-3-12(13)14/h1-4,9,11H,5-8,10H2,(H,20,21)(H,22,23). The number of carbonyl (C=O) groups excluding carboxylic acids is 1. The van der Waals surface area contributed by atoms with Crippen LogP contribution in [-0.2, 0) is 4.79 Å². The van der Waals surface area contributed by atoms with Gasteiger partial charge in [-0.05, 0) is 37.1 Å². The first-order chi connectivity index (χ1) is 11.6. The Balaban J connectivity index is 1.74. The van der Waals surface area contributed by atoms with Gasteiger partial charge in [-0.25, -0.2) is 4.79 Å². The van der Waals surface area contributed by atoms with Gasteiger partial charge in [-0.1, -0.05) is 18.2 Å². The molecule has 1 aromatic heterocycles. The Kier molecular flexibility index (Phi) is 3.72. The van der Waals surface area contributed by atoms with Crippen molar-refractivity contribution in [1.82, 2.24) is 10.3 Å². The molecule has 5 nitrogen and oxygen atoms in total. The van der Waals surface area contributed by atoms with Crippen LogP contribution in [-0.4, -0.2) is 39.0 Å². The number of nitrogens with zero attached hydrogens (tertiary/aromatic N) is 1. The molecule has 0 spiro atoms. The van der Waals surface area contributed by atoms with Crippen LogP contribution in [0, 0.1) is 0 Å². The summed E-state index contributed by atoms with van der Waals surface area (Å²) in [6.45, 7) is 0. The van der Waals surface area contributed by atoms with E-state index in [0.717, 1.165) is 35.2 Å². The minimum Gasteiger partial charge on any atom is -0.479 e. The zero-order valence-corrected chi connectivity index (χ0v) is 13.9. The number of aromatic nitrogens is 1. The number of hydrogen-bond donors (Lipinski definition) is 2. The molecule has 2 aliphatic rings. The van der Waals surface area contributed by atoms with Crippen molar-refractivity contribution >= 4 is 34.5 Å². The zero-order chi connectivity index (χ0) is 16.7. The Bertz CT molecular complexity index is 826. The second kappa shape index (κ2) is 5.77. The van der Waals surface area contributed by atoms with Crippen LogP contribution < -0.4 is 5.32 Å². The van der Waals surface area contributed by atoms with Crippen molar-refractivity contribution < 1.29 is 14.7 Å². The molecule has 1 atom stereocenters. The molecule has 0 bridgehead atoms. The first-order valence-electron chi connectivity index (χ1n) is 8.12. The van der Waals surface area contributed by atoms with Crippen LogP contribution in [0.25, 0.3) is 10.9 Å². The van der Waals surface area contributed by atoms with E-state index in [2.05, 4.69) is 10.3 Å². The molecule has 1 saturated heterocycles. The Morgan fingerprint density at radius 1 is 1.29 bits per heavy atom. The topological polar surface area (TPSA) is 79.3 Å². The van der Waals surface area contributed by atoms with Crippen molar-refractivity contribution in [2.24, 2.45) is 0 Å². The van der Waals surface area contributed by atoms with Crippen LogP contribution in [0.4, 0.5) is 0 Å². The Labute approximate surface area is 143 Å². The fourth-order valence-corrected chi connectivity index (χ4v) is 4.47. The van der Waals surface area contributed by atoms with Gasteiger partial charge in [0.2, 0.25) is 0 Å². The highest BCUT2D eigenvalue weighted by Crippen LogP contribution is 2.40. The number of para-hydroxylation sites is 1. The number of benzene rings is 1. The van der Waals surface area contributed by atoms with Gasteiger partial charge in [-0.3, -0.25) is 9.78 Å². The number of nitrogens with one attached hydrogen (secondary N) is 1. The number of aliphatic carboxylic acids is 1. The Hall–Kier alpha value is -2.08. The zero-order valence-electron chi connectivity index (χ0n) is 13.1. The molecule has 24 heavy (non-hydrogen) atoms. The summed E-state index contributed by atoms with van der Waals surface area (Å²) >= 11 is 1.56. The number of carboxylic acid groups (broad SMARTS) is 1. The fourth-order valence-electron chi connectivity index (χ4n) is 3.14. The molecule has 1 saturated carbocycles. The first kappa shape index (κ1) is 15.4. The number of rotatable bonds is 4. The second-order valence-electron chi connectivity index (χ2n) is 6.53. The number of thioether (sulfide) groups is 1. The molecule has 1 aliphatic carbocycles. The molecule has 0 radical (unpaired) electrons. The lowest BCUT2D eigenvalue weighted by Crippen LogP contribution is -2.54.